The van der Waals surface area contributed by atoms with Crippen molar-refractivity contribution in [2.45, 2.75) is 67.3 Å². The third kappa shape index (κ3) is 8.85. The van der Waals surface area contributed by atoms with Gasteiger partial charge in [-0.25, -0.2) is 4.98 Å². The number of anilines is 1. The lowest BCUT2D eigenvalue weighted by Gasteiger charge is -2.31. The molecule has 4 rings (SSSR count). The molecule has 0 aliphatic carbocycles. The highest BCUT2D eigenvalue weighted by molar-refractivity contribution is 7.99. The molecule has 2 aliphatic rings. The molecule has 3 atom stereocenters. The normalized spacial score (nSPS) is 22.1. The second-order valence-corrected chi connectivity index (χ2v) is 12.3. The molecule has 1 fully saturated rings. The number of hydrogen-bond donors (Lipinski definition) is 5. The largest absolute Gasteiger partial charge is 0.378 e. The summed E-state index contributed by atoms with van der Waals surface area (Å²) in [7, 11) is 1.52. The van der Waals surface area contributed by atoms with Crippen molar-refractivity contribution >= 4 is 52.7 Å². The zero-order chi connectivity index (χ0) is 32.5. The number of fused-ring (bicyclic) bond motifs is 2. The van der Waals surface area contributed by atoms with Crippen LogP contribution in [0, 0.1) is 0 Å². The number of benzene rings is 1. The van der Waals surface area contributed by atoms with Gasteiger partial charge in [0.05, 0.1) is 24.3 Å². The number of nitrogens with two attached hydrogens (primary N) is 2. The number of carbonyl (C=O) groups is 4. The van der Waals surface area contributed by atoms with Crippen LogP contribution in [0.3, 0.4) is 0 Å². The van der Waals surface area contributed by atoms with Gasteiger partial charge in [-0.2, -0.15) is 0 Å². The van der Waals surface area contributed by atoms with Gasteiger partial charge in [0.25, 0.3) is 0 Å². The Kier molecular flexibility index (Phi) is 12.4. The average Bonchev–Trinajstić information content (AvgIpc) is 3.04. The summed E-state index contributed by atoms with van der Waals surface area (Å²) in [5.41, 5.74) is 13.8. The second kappa shape index (κ2) is 16.2. The van der Waals surface area contributed by atoms with E-state index in [2.05, 4.69) is 25.8 Å². The minimum atomic E-state index is -1.09. The number of ether oxygens (including phenoxy) is 1. The van der Waals surface area contributed by atoms with Gasteiger partial charge >= 0.3 is 0 Å². The Morgan fingerprint density at radius 3 is 2.58 bits per heavy atom. The first-order valence-corrected chi connectivity index (χ1v) is 16.2. The predicted octanol–water partition coefficient (Wildman–Crippen LogP) is 0.757. The smallest absolute Gasteiger partial charge is 0.246 e. The topological polar surface area (TPSA) is 185 Å². The van der Waals surface area contributed by atoms with E-state index in [1.807, 2.05) is 18.2 Å². The van der Waals surface area contributed by atoms with Crippen molar-refractivity contribution in [3.63, 3.8) is 0 Å². The highest BCUT2D eigenvalue weighted by Gasteiger charge is 2.32. The van der Waals surface area contributed by atoms with E-state index in [1.165, 1.54) is 23.7 Å². The molecule has 3 heterocycles. The number of aromatic nitrogens is 1. The molecule has 15 heteroatoms. The summed E-state index contributed by atoms with van der Waals surface area (Å²) in [6.07, 6.45) is 2.05. The maximum absolute atomic E-state index is 13.5. The van der Waals surface area contributed by atoms with Gasteiger partial charge in [-0.05, 0) is 42.2 Å². The Hall–Kier alpha value is -3.43. The molecular weight excluding hydrogens is 620 g/mol. The van der Waals surface area contributed by atoms with E-state index in [-0.39, 0.29) is 38.4 Å². The van der Waals surface area contributed by atoms with Crippen molar-refractivity contribution in [2.24, 2.45) is 11.5 Å². The second-order valence-electron chi connectivity index (χ2n) is 10.9. The molecular formula is C30H41ClN8O5S. The Morgan fingerprint density at radius 1 is 1.13 bits per heavy atom. The summed E-state index contributed by atoms with van der Waals surface area (Å²) in [4.78, 5) is 60.9. The average molecular weight is 661 g/mol. The summed E-state index contributed by atoms with van der Waals surface area (Å²) < 4.78 is 5.52. The Labute approximate surface area is 272 Å². The van der Waals surface area contributed by atoms with Crippen molar-refractivity contribution in [1.29, 1.82) is 0 Å². The fourth-order valence-electron chi connectivity index (χ4n) is 5.31. The Balaban J connectivity index is 1.76. The lowest BCUT2D eigenvalue weighted by molar-refractivity contribution is -0.142. The number of hydrogen-bond acceptors (Lipinski definition) is 10. The van der Waals surface area contributed by atoms with Gasteiger partial charge in [0.1, 0.15) is 17.1 Å². The van der Waals surface area contributed by atoms with Crippen molar-refractivity contribution in [3.8, 4) is 0 Å². The molecule has 244 valence electrons. The van der Waals surface area contributed by atoms with Crippen LogP contribution in [0.2, 0.25) is 5.02 Å². The molecule has 0 saturated carbocycles. The molecule has 13 nitrogen and oxygen atoms in total. The Bertz CT molecular complexity index is 1390. The first kappa shape index (κ1) is 34.4. The molecule has 1 saturated heterocycles. The first-order chi connectivity index (χ1) is 21.6. The third-order valence-corrected chi connectivity index (χ3v) is 9.53. The van der Waals surface area contributed by atoms with Crippen molar-refractivity contribution in [1.82, 2.24) is 25.8 Å². The van der Waals surface area contributed by atoms with Gasteiger partial charge in [0.15, 0.2) is 0 Å². The molecule has 0 unspecified atom stereocenters. The van der Waals surface area contributed by atoms with Crippen molar-refractivity contribution in [2.75, 3.05) is 44.8 Å². The molecule has 2 aromatic rings. The molecule has 0 bridgehead atoms. The number of likely N-dealkylation sites (N-methyl/N-ethyl adjacent to an activating group) is 1. The van der Waals surface area contributed by atoms with Crippen molar-refractivity contribution < 1.29 is 23.9 Å². The van der Waals surface area contributed by atoms with Crippen LogP contribution in [-0.4, -0.2) is 91.5 Å². The van der Waals surface area contributed by atoms with E-state index >= 15 is 0 Å². The van der Waals surface area contributed by atoms with Gasteiger partial charge in [0.2, 0.25) is 23.6 Å². The van der Waals surface area contributed by atoms with Crippen LogP contribution in [-0.2, 0) is 37.0 Å². The van der Waals surface area contributed by atoms with Crippen LogP contribution >= 0.6 is 23.4 Å². The van der Waals surface area contributed by atoms with E-state index in [0.717, 1.165) is 21.7 Å². The lowest BCUT2D eigenvalue weighted by Crippen LogP contribution is -2.58. The number of halogens is 1. The molecule has 7 N–H and O–H groups in total. The predicted molar refractivity (Wildman–Crippen MR) is 172 cm³/mol. The van der Waals surface area contributed by atoms with Crippen LogP contribution in [0.25, 0.3) is 0 Å². The van der Waals surface area contributed by atoms with Crippen LogP contribution in [0.5, 0.6) is 0 Å². The first-order valence-electron chi connectivity index (χ1n) is 15.0. The number of nitrogens with zero attached hydrogens (tertiary/aromatic N) is 3. The molecule has 1 aromatic carbocycles. The molecule has 0 radical (unpaired) electrons. The van der Waals surface area contributed by atoms with E-state index in [9.17, 15) is 19.2 Å². The number of nitrogens with one attached hydrogen (secondary N) is 3. The number of pyridine rings is 1. The number of amides is 4. The summed E-state index contributed by atoms with van der Waals surface area (Å²) in [5, 5.41) is 10.1. The molecule has 4 amide bonds. The van der Waals surface area contributed by atoms with Crippen LogP contribution in [0.15, 0.2) is 40.4 Å². The maximum atomic E-state index is 13.5. The SMILES string of the molecule is CC[C@H]1C(=O)NCc2cc(N3CCOCC3)cc(Cl)c2Sc2ncccc2CN[C@@H](CCC(N)=O)C(=O)N[C@@H](CN)C(=O)N1C. The molecule has 0 spiro atoms. The highest BCUT2D eigenvalue weighted by atomic mass is 35.5. The maximum Gasteiger partial charge on any atom is 0.246 e. The summed E-state index contributed by atoms with van der Waals surface area (Å²) in [6.45, 7) is 4.62. The Morgan fingerprint density at radius 2 is 1.89 bits per heavy atom. The number of rotatable bonds is 6. The van der Waals surface area contributed by atoms with E-state index in [4.69, 9.17) is 27.8 Å². The summed E-state index contributed by atoms with van der Waals surface area (Å²) in [6, 6.07) is 4.81. The fourth-order valence-corrected chi connectivity index (χ4v) is 6.65. The zero-order valence-electron chi connectivity index (χ0n) is 25.5. The fraction of sp³-hybridized carbons (Fsp3) is 0.500. The van der Waals surface area contributed by atoms with Gasteiger partial charge < -0.3 is 42.0 Å². The summed E-state index contributed by atoms with van der Waals surface area (Å²) in [5.74, 6) is -1.94. The van der Waals surface area contributed by atoms with Gasteiger partial charge in [-0.1, -0.05) is 36.4 Å². The standard InChI is InChI=1S/C30H41ClN8O5S/c1-3-24-28(42)36-17-19-13-20(39-9-11-44-12-10-39)14-21(31)26(19)45-29-18(5-4-8-34-29)16-35-22(6-7-25(33)40)27(41)37-23(15-32)30(43)38(24)2/h4-5,8,13-14,22-24,35H,3,6-7,9-12,15-17,32H2,1-2H3,(H2,33,40)(H,36,42)(H,37,41)/t22-,23-,24-/m0/s1. The van der Waals surface area contributed by atoms with Gasteiger partial charge in [0, 0.05) is 63.0 Å². The summed E-state index contributed by atoms with van der Waals surface area (Å²) >= 11 is 8.30. The lowest BCUT2D eigenvalue weighted by atomic mass is 10.1. The van der Waals surface area contributed by atoms with Crippen LogP contribution in [0.1, 0.15) is 37.3 Å². The number of carbonyl (C=O) groups excluding carboxylic acids is 4. The van der Waals surface area contributed by atoms with E-state index in [0.29, 0.717) is 42.8 Å². The van der Waals surface area contributed by atoms with Crippen LogP contribution in [0.4, 0.5) is 5.69 Å². The highest BCUT2D eigenvalue weighted by Crippen LogP contribution is 2.39. The minimum Gasteiger partial charge on any atom is -0.378 e. The van der Waals surface area contributed by atoms with Gasteiger partial charge in [-0.3, -0.25) is 19.2 Å². The molecule has 2 aliphatic heterocycles. The number of morpholine rings is 1. The molecule has 45 heavy (non-hydrogen) atoms. The quantitative estimate of drug-likeness (QED) is 0.296. The minimum absolute atomic E-state index is 0.0482. The van der Waals surface area contributed by atoms with E-state index < -0.39 is 35.8 Å². The van der Waals surface area contributed by atoms with Crippen LogP contribution < -0.4 is 32.3 Å². The van der Waals surface area contributed by atoms with Crippen molar-refractivity contribution in [3.05, 3.63) is 46.6 Å². The van der Waals surface area contributed by atoms with Gasteiger partial charge in [-0.15, -0.1) is 0 Å². The van der Waals surface area contributed by atoms with E-state index in [1.54, 1.807) is 19.2 Å². The number of primary amides is 1. The third-order valence-electron chi connectivity index (χ3n) is 7.87. The zero-order valence-corrected chi connectivity index (χ0v) is 27.1. The molecule has 1 aromatic heterocycles. The monoisotopic (exact) mass is 660 g/mol.